The lowest BCUT2D eigenvalue weighted by atomic mass is 9.81. The largest absolute Gasteiger partial charge is 0.508 e. The number of likely N-dealkylation sites (N-methyl/N-ethyl adjacent to an activating group) is 1. The number of fused-ring (bicyclic) bond motifs is 1. The molecule has 2 saturated heterocycles. The Morgan fingerprint density at radius 2 is 1.87 bits per heavy atom. The van der Waals surface area contributed by atoms with E-state index in [9.17, 15) is 24.3 Å². The van der Waals surface area contributed by atoms with E-state index in [4.69, 9.17) is 9.15 Å². The molecule has 2 aliphatic heterocycles. The predicted molar refractivity (Wildman–Crippen MR) is 260 cm³/mol. The average Bonchev–Trinajstić information content (AvgIpc) is 4.11. The molecular weight excluding hydrogens is 847 g/mol. The number of carbonyl (C=O) groups is 4. The summed E-state index contributed by atoms with van der Waals surface area (Å²) in [6.45, 7) is 17.0. The van der Waals surface area contributed by atoms with E-state index < -0.39 is 23.9 Å². The molecule has 2 aromatic heterocycles. The molecule has 0 radical (unpaired) electrons. The van der Waals surface area contributed by atoms with Crippen LogP contribution in [0.5, 0.6) is 5.75 Å². The van der Waals surface area contributed by atoms with Crippen molar-refractivity contribution < 1.29 is 33.4 Å². The van der Waals surface area contributed by atoms with Crippen molar-refractivity contribution in [3.63, 3.8) is 0 Å². The number of aromatic hydroxyl groups is 1. The van der Waals surface area contributed by atoms with Crippen LogP contribution in [0.1, 0.15) is 76.3 Å². The Bertz CT molecular complexity index is 2570. The Morgan fingerprint density at radius 3 is 2.55 bits per heavy atom. The minimum absolute atomic E-state index is 0.0263. The van der Waals surface area contributed by atoms with Crippen molar-refractivity contribution in [2.24, 2.45) is 11.8 Å². The molecule has 2 aliphatic rings. The maximum absolute atomic E-state index is 14.4. The number of hydrogen-bond donors (Lipinski definition) is 3. The number of hydrogen-bond acceptors (Lipinski definition) is 9. The van der Waals surface area contributed by atoms with Crippen LogP contribution < -0.4 is 10.7 Å². The number of amides is 4. The van der Waals surface area contributed by atoms with E-state index in [1.165, 1.54) is 22.9 Å². The zero-order valence-electron chi connectivity index (χ0n) is 40.1. The lowest BCUT2D eigenvalue weighted by molar-refractivity contribution is -0.145. The summed E-state index contributed by atoms with van der Waals surface area (Å²) in [5, 5.41) is 17.1. The molecule has 14 heteroatoms. The molecular formula is C53H67N7O7. The smallest absolute Gasteiger partial charge is 0.259 e. The fourth-order valence-corrected chi connectivity index (χ4v) is 10.0. The highest BCUT2D eigenvalue weighted by atomic mass is 16.5. The van der Waals surface area contributed by atoms with Crippen molar-refractivity contribution in [1.82, 2.24) is 35.1 Å². The Kier molecular flexibility index (Phi) is 15.4. The standard InChI is InChI=1S/C53H67N7O7/c1-9-47(62)58-23-19-38(31-58)51(64)57(7)48(34(3)4)50(63)56-44(52(65)60-22-14-13-21-55-60)27-35-25-39(28-40(61)26-35)37-17-18-45-42(29-37)43(30-53(5,6)46-32-67-33-54-46)49(59(45)10-2)41-16-12-11-15-36(41)20-24-66-8/h9,11-12,15-18,25-26,28-29,32-34,38,44,48,55,61H,1,10,13-14,19-24,27,30-31H2,2-8H3,(H,56,63). The molecule has 3 unspecified atom stereocenters. The van der Waals surface area contributed by atoms with Crippen LogP contribution in [0.15, 0.2) is 90.4 Å². The highest BCUT2D eigenvalue weighted by Gasteiger charge is 2.39. The van der Waals surface area contributed by atoms with Gasteiger partial charge in [-0.2, -0.15) is 0 Å². The predicted octanol–water partition coefficient (Wildman–Crippen LogP) is 7.07. The van der Waals surface area contributed by atoms with Crippen molar-refractivity contribution in [2.45, 2.75) is 97.2 Å². The zero-order chi connectivity index (χ0) is 48.0. The van der Waals surface area contributed by atoms with Crippen molar-refractivity contribution in [3.05, 3.63) is 108 Å². The third-order valence-corrected chi connectivity index (χ3v) is 13.5. The molecule has 2 fully saturated rings. The molecule has 3 atom stereocenters. The van der Waals surface area contributed by atoms with E-state index in [-0.39, 0.29) is 47.8 Å². The number of phenols is 1. The van der Waals surface area contributed by atoms with Gasteiger partial charge in [-0.1, -0.05) is 70.7 Å². The summed E-state index contributed by atoms with van der Waals surface area (Å²) >= 11 is 0. The van der Waals surface area contributed by atoms with Crippen LogP contribution in [-0.2, 0) is 55.1 Å². The number of benzene rings is 3. The molecule has 67 heavy (non-hydrogen) atoms. The summed E-state index contributed by atoms with van der Waals surface area (Å²) in [6.07, 6.45) is 8.15. The molecule has 3 aromatic carbocycles. The van der Waals surface area contributed by atoms with Gasteiger partial charge in [0, 0.05) is 75.2 Å². The number of aromatic nitrogens is 2. The minimum atomic E-state index is -1.02. The summed E-state index contributed by atoms with van der Waals surface area (Å²) in [5.41, 5.74) is 11.7. The van der Waals surface area contributed by atoms with E-state index >= 15 is 0 Å². The first-order valence-electron chi connectivity index (χ1n) is 23.6. The van der Waals surface area contributed by atoms with Crippen molar-refractivity contribution in [2.75, 3.05) is 46.9 Å². The number of phenolic OH excluding ortho intramolecular Hbond substituents is 1. The maximum Gasteiger partial charge on any atom is 0.259 e. The van der Waals surface area contributed by atoms with Gasteiger partial charge < -0.3 is 33.9 Å². The normalized spacial score (nSPS) is 16.3. The quantitative estimate of drug-likeness (QED) is 0.0781. The van der Waals surface area contributed by atoms with Gasteiger partial charge in [0.15, 0.2) is 6.39 Å². The van der Waals surface area contributed by atoms with E-state index in [0.29, 0.717) is 44.6 Å². The van der Waals surface area contributed by atoms with Crippen LogP contribution >= 0.6 is 0 Å². The number of aryl methyl sites for hydroxylation is 1. The molecule has 0 saturated carbocycles. The second kappa shape index (κ2) is 21.1. The lowest BCUT2D eigenvalue weighted by Crippen LogP contribution is -2.59. The Hall–Kier alpha value is -6.25. The second-order valence-corrected chi connectivity index (χ2v) is 19.0. The number of ether oxygens (including phenoxy) is 1. The molecule has 4 heterocycles. The monoisotopic (exact) mass is 914 g/mol. The van der Waals surface area contributed by atoms with Crippen LogP contribution in [0.2, 0.25) is 0 Å². The molecule has 5 aromatic rings. The topological polar surface area (TPSA) is 162 Å². The molecule has 0 aliphatic carbocycles. The Labute approximate surface area is 394 Å². The summed E-state index contributed by atoms with van der Waals surface area (Å²) < 4.78 is 13.4. The van der Waals surface area contributed by atoms with Crippen molar-refractivity contribution in [1.29, 1.82) is 0 Å². The van der Waals surface area contributed by atoms with Gasteiger partial charge in [-0.15, -0.1) is 0 Å². The summed E-state index contributed by atoms with van der Waals surface area (Å²) in [5.74, 6) is -1.94. The van der Waals surface area contributed by atoms with Crippen molar-refractivity contribution in [3.8, 4) is 28.1 Å². The summed E-state index contributed by atoms with van der Waals surface area (Å²) in [6, 6.07) is 18.3. The van der Waals surface area contributed by atoms with Crippen LogP contribution in [-0.4, -0.2) is 112 Å². The summed E-state index contributed by atoms with van der Waals surface area (Å²) in [4.78, 5) is 62.6. The fraction of sp³-hybridized carbons (Fsp3) is 0.453. The second-order valence-electron chi connectivity index (χ2n) is 19.0. The zero-order valence-corrected chi connectivity index (χ0v) is 40.1. The molecule has 14 nitrogen and oxygen atoms in total. The van der Waals surface area contributed by atoms with Gasteiger partial charge in [-0.05, 0) is 103 Å². The van der Waals surface area contributed by atoms with E-state index in [1.807, 2.05) is 19.9 Å². The number of nitrogens with zero attached hydrogens (tertiary/aromatic N) is 5. The minimum Gasteiger partial charge on any atom is -0.508 e. The first-order valence-corrected chi connectivity index (χ1v) is 23.6. The van der Waals surface area contributed by atoms with Crippen LogP contribution in [0, 0.1) is 11.8 Å². The lowest BCUT2D eigenvalue weighted by Gasteiger charge is -2.35. The molecule has 4 amide bonds. The Balaban J connectivity index is 1.25. The van der Waals surface area contributed by atoms with Gasteiger partial charge in [0.1, 0.15) is 24.1 Å². The van der Waals surface area contributed by atoms with E-state index in [0.717, 1.165) is 70.4 Å². The first kappa shape index (κ1) is 48.7. The maximum atomic E-state index is 14.4. The summed E-state index contributed by atoms with van der Waals surface area (Å²) in [7, 11) is 3.34. The Morgan fingerprint density at radius 1 is 1.07 bits per heavy atom. The van der Waals surface area contributed by atoms with Crippen LogP contribution in [0.25, 0.3) is 33.3 Å². The molecule has 7 rings (SSSR count). The average molecular weight is 914 g/mol. The van der Waals surface area contributed by atoms with Crippen LogP contribution in [0.4, 0.5) is 0 Å². The molecule has 0 spiro atoms. The molecule has 356 valence electrons. The number of methoxy groups -OCH3 is 1. The van der Waals surface area contributed by atoms with Gasteiger partial charge in [0.25, 0.3) is 5.91 Å². The number of rotatable bonds is 18. The third-order valence-electron chi connectivity index (χ3n) is 13.5. The number of nitrogens with one attached hydrogen (secondary N) is 2. The van der Waals surface area contributed by atoms with E-state index in [2.05, 4.69) is 90.1 Å². The number of likely N-dealkylation sites (tertiary alicyclic amines) is 1. The van der Waals surface area contributed by atoms with Crippen LogP contribution in [0.3, 0.4) is 0 Å². The fourth-order valence-electron chi connectivity index (χ4n) is 10.0. The van der Waals surface area contributed by atoms with E-state index in [1.54, 1.807) is 42.5 Å². The number of oxazole rings is 1. The van der Waals surface area contributed by atoms with Gasteiger partial charge in [-0.3, -0.25) is 24.2 Å². The number of carbonyl (C=O) groups excluding carboxylic acids is 4. The van der Waals surface area contributed by atoms with Gasteiger partial charge >= 0.3 is 0 Å². The van der Waals surface area contributed by atoms with Gasteiger partial charge in [0.2, 0.25) is 17.7 Å². The molecule has 3 N–H and O–H groups in total. The number of hydrazine groups is 1. The van der Waals surface area contributed by atoms with Gasteiger partial charge in [-0.25, -0.2) is 10.4 Å². The first-order chi connectivity index (χ1) is 32.1. The third kappa shape index (κ3) is 10.7. The van der Waals surface area contributed by atoms with Gasteiger partial charge in [0.05, 0.1) is 23.9 Å². The van der Waals surface area contributed by atoms with Crippen molar-refractivity contribution >= 4 is 34.5 Å². The molecule has 0 bridgehead atoms. The highest BCUT2D eigenvalue weighted by Crippen LogP contribution is 2.42. The highest BCUT2D eigenvalue weighted by molar-refractivity contribution is 5.96. The SMILES string of the molecule is C=CC(=O)N1CCC(C(=O)N(C)C(C(=O)NC(Cc2cc(O)cc(-c3ccc4c(c3)c(CC(C)(C)c3cocn3)c(-c3ccccc3CCOC)n4CC)c2)C(=O)N2CCCCN2)C(C)C)C1.